The Hall–Kier alpha value is -2.80. The molecule has 0 unspecified atom stereocenters. The van der Waals surface area contributed by atoms with Crippen LogP contribution in [0.25, 0.3) is 11.0 Å². The molecule has 0 amide bonds. The fourth-order valence-electron chi connectivity index (χ4n) is 2.57. The third-order valence-corrected chi connectivity index (χ3v) is 4.47. The average molecular weight is 378 g/mol. The average Bonchev–Trinajstić information content (AvgIpc) is 3.14. The van der Waals surface area contributed by atoms with Gasteiger partial charge in [-0.25, -0.2) is 4.28 Å². The van der Waals surface area contributed by atoms with Crippen molar-refractivity contribution in [1.29, 1.82) is 0 Å². The second-order valence-corrected chi connectivity index (χ2v) is 6.62. The number of aromatic nitrogens is 1. The van der Waals surface area contributed by atoms with E-state index in [9.17, 15) is 0 Å². The second-order valence-electron chi connectivity index (χ2n) is 5.89. The standard InChI is InChI=1S/C21H18N2O3S/c1-2-5-16(6-3-1)15-24-19-8-4-7-17(11-19)13-23-26-27-21-12-18-14-22-10-9-20(18)25-21/h1-12,14,23H,13,15H2. The van der Waals surface area contributed by atoms with Gasteiger partial charge in [-0.1, -0.05) is 42.5 Å². The summed E-state index contributed by atoms with van der Waals surface area (Å²) in [5, 5.41) is 1.62. The van der Waals surface area contributed by atoms with E-state index >= 15 is 0 Å². The molecule has 0 atom stereocenters. The van der Waals surface area contributed by atoms with Crippen LogP contribution < -0.4 is 10.2 Å². The van der Waals surface area contributed by atoms with Gasteiger partial charge in [-0.05, 0) is 29.3 Å². The van der Waals surface area contributed by atoms with Crippen LogP contribution >= 0.6 is 12.0 Å². The molecule has 0 aliphatic carbocycles. The van der Waals surface area contributed by atoms with Gasteiger partial charge in [-0.2, -0.15) is 5.48 Å². The number of rotatable bonds is 8. The Balaban J connectivity index is 1.25. The highest BCUT2D eigenvalue weighted by Gasteiger charge is 2.05. The number of fused-ring (bicyclic) bond motifs is 1. The van der Waals surface area contributed by atoms with Gasteiger partial charge < -0.3 is 9.15 Å². The first kappa shape index (κ1) is 17.6. The largest absolute Gasteiger partial charge is 0.489 e. The minimum absolute atomic E-state index is 0.547. The summed E-state index contributed by atoms with van der Waals surface area (Å²) in [7, 11) is 0. The Bertz CT molecular complexity index is 971. The van der Waals surface area contributed by atoms with Crippen LogP contribution in [0.2, 0.25) is 0 Å². The lowest BCUT2D eigenvalue weighted by atomic mass is 10.2. The maximum Gasteiger partial charge on any atom is 0.190 e. The van der Waals surface area contributed by atoms with Crippen molar-refractivity contribution in [3.05, 3.63) is 90.3 Å². The van der Waals surface area contributed by atoms with Gasteiger partial charge in [0, 0.05) is 30.4 Å². The predicted octanol–water partition coefficient (Wildman–Crippen LogP) is 5.14. The third kappa shape index (κ3) is 4.89. The van der Waals surface area contributed by atoms with E-state index in [2.05, 4.69) is 10.5 Å². The zero-order valence-corrected chi connectivity index (χ0v) is 15.3. The van der Waals surface area contributed by atoms with Crippen molar-refractivity contribution < 1.29 is 13.4 Å². The Morgan fingerprint density at radius 3 is 2.74 bits per heavy atom. The summed E-state index contributed by atoms with van der Waals surface area (Å²) in [5.41, 5.74) is 5.92. The highest BCUT2D eigenvalue weighted by atomic mass is 32.2. The van der Waals surface area contributed by atoms with Gasteiger partial charge in [0.25, 0.3) is 0 Å². The molecule has 0 bridgehead atoms. The van der Waals surface area contributed by atoms with Gasteiger partial charge in [0.1, 0.15) is 17.9 Å². The third-order valence-electron chi connectivity index (χ3n) is 3.90. The molecule has 4 aromatic rings. The molecule has 0 spiro atoms. The predicted molar refractivity (Wildman–Crippen MR) is 105 cm³/mol. The minimum atomic E-state index is 0.547. The summed E-state index contributed by atoms with van der Waals surface area (Å²) in [5.74, 6) is 0.829. The Morgan fingerprint density at radius 2 is 1.85 bits per heavy atom. The van der Waals surface area contributed by atoms with Crippen molar-refractivity contribution in [1.82, 2.24) is 10.5 Å². The Kier molecular flexibility index (Phi) is 5.69. The minimum Gasteiger partial charge on any atom is -0.489 e. The van der Waals surface area contributed by atoms with Crippen LogP contribution in [0, 0.1) is 0 Å². The lowest BCUT2D eigenvalue weighted by Crippen LogP contribution is -2.09. The van der Waals surface area contributed by atoms with Crippen LogP contribution in [0.1, 0.15) is 11.1 Å². The van der Waals surface area contributed by atoms with Gasteiger partial charge in [0.2, 0.25) is 0 Å². The molecule has 6 heteroatoms. The molecule has 0 radical (unpaired) electrons. The first-order chi connectivity index (χ1) is 13.4. The van der Waals surface area contributed by atoms with Gasteiger partial charge in [0.05, 0.1) is 12.0 Å². The summed E-state index contributed by atoms with van der Waals surface area (Å²) in [6.07, 6.45) is 3.46. The number of hydrogen-bond acceptors (Lipinski definition) is 6. The molecule has 0 fully saturated rings. The monoisotopic (exact) mass is 378 g/mol. The maximum atomic E-state index is 5.85. The molecule has 2 aromatic heterocycles. The summed E-state index contributed by atoms with van der Waals surface area (Å²) in [6, 6.07) is 21.8. The zero-order valence-electron chi connectivity index (χ0n) is 14.5. The number of hydrogen-bond donors (Lipinski definition) is 1. The van der Waals surface area contributed by atoms with Crippen LogP contribution in [0.4, 0.5) is 0 Å². The fraction of sp³-hybridized carbons (Fsp3) is 0.0952. The number of nitrogens with one attached hydrogen (secondary N) is 1. The molecule has 2 aromatic carbocycles. The number of ether oxygens (including phenoxy) is 1. The maximum absolute atomic E-state index is 5.85. The highest BCUT2D eigenvalue weighted by molar-refractivity contribution is 7.94. The Morgan fingerprint density at radius 1 is 0.963 bits per heavy atom. The van der Waals surface area contributed by atoms with Crippen molar-refractivity contribution in [2.45, 2.75) is 18.2 Å². The normalized spacial score (nSPS) is 11.0. The first-order valence-corrected chi connectivity index (χ1v) is 9.26. The van der Waals surface area contributed by atoms with Crippen LogP contribution in [0.5, 0.6) is 5.75 Å². The van der Waals surface area contributed by atoms with Crippen molar-refractivity contribution in [2.24, 2.45) is 0 Å². The number of furan rings is 1. The van der Waals surface area contributed by atoms with Gasteiger partial charge in [0.15, 0.2) is 5.09 Å². The van der Waals surface area contributed by atoms with Gasteiger partial charge in [-0.15, -0.1) is 0 Å². The van der Waals surface area contributed by atoms with E-state index in [0.717, 1.165) is 39.9 Å². The zero-order chi connectivity index (χ0) is 18.3. The second kappa shape index (κ2) is 8.73. The molecule has 0 saturated carbocycles. The highest BCUT2D eigenvalue weighted by Crippen LogP contribution is 2.26. The molecule has 0 aliphatic rings. The molecule has 1 N–H and O–H groups in total. The van der Waals surface area contributed by atoms with Crippen molar-refractivity contribution in [3.8, 4) is 5.75 Å². The quantitative estimate of drug-likeness (QED) is 0.260. The number of pyridine rings is 1. The molecule has 0 saturated heterocycles. The lowest BCUT2D eigenvalue weighted by molar-refractivity contribution is 0.228. The van der Waals surface area contributed by atoms with Crippen LogP contribution in [0.15, 0.2) is 88.6 Å². The first-order valence-electron chi connectivity index (χ1n) is 8.52. The van der Waals surface area contributed by atoms with E-state index in [1.807, 2.05) is 66.7 Å². The molecular formula is C21H18N2O3S. The van der Waals surface area contributed by atoms with Crippen LogP contribution in [0.3, 0.4) is 0 Å². The van der Waals surface area contributed by atoms with Gasteiger partial charge >= 0.3 is 0 Å². The van der Waals surface area contributed by atoms with E-state index in [0.29, 0.717) is 18.2 Å². The SMILES string of the molecule is c1ccc(COc2cccc(CNOSc3cc4cnccc4o3)c2)cc1. The molecular weight excluding hydrogens is 360 g/mol. The smallest absolute Gasteiger partial charge is 0.190 e. The van der Waals surface area contributed by atoms with Crippen LogP contribution in [-0.2, 0) is 17.4 Å². The van der Waals surface area contributed by atoms with Crippen molar-refractivity contribution >= 4 is 23.0 Å². The van der Waals surface area contributed by atoms with Crippen LogP contribution in [-0.4, -0.2) is 4.98 Å². The molecule has 2 heterocycles. The van der Waals surface area contributed by atoms with E-state index in [4.69, 9.17) is 13.4 Å². The number of benzene rings is 2. The van der Waals surface area contributed by atoms with E-state index < -0.39 is 0 Å². The molecule has 0 aliphatic heterocycles. The number of hydroxylamine groups is 1. The summed E-state index contributed by atoms with van der Waals surface area (Å²) in [4.78, 5) is 4.07. The molecule has 136 valence electrons. The Labute approximate surface area is 161 Å². The lowest BCUT2D eigenvalue weighted by Gasteiger charge is -2.08. The van der Waals surface area contributed by atoms with Crippen molar-refractivity contribution in [3.63, 3.8) is 0 Å². The topological polar surface area (TPSA) is 56.5 Å². The van der Waals surface area contributed by atoms with Crippen molar-refractivity contribution in [2.75, 3.05) is 0 Å². The van der Waals surface area contributed by atoms with E-state index in [1.165, 1.54) is 0 Å². The molecule has 27 heavy (non-hydrogen) atoms. The number of nitrogens with zero attached hydrogens (tertiary/aromatic N) is 1. The fourth-order valence-corrected chi connectivity index (χ4v) is 3.07. The summed E-state index contributed by atoms with van der Waals surface area (Å²) >= 11 is 1.14. The van der Waals surface area contributed by atoms with E-state index in [1.54, 1.807) is 12.4 Å². The molecule has 5 nitrogen and oxygen atoms in total. The summed E-state index contributed by atoms with van der Waals surface area (Å²) in [6.45, 7) is 1.10. The van der Waals surface area contributed by atoms with Gasteiger partial charge in [-0.3, -0.25) is 4.98 Å². The molecule has 4 rings (SSSR count). The summed E-state index contributed by atoms with van der Waals surface area (Å²) < 4.78 is 16.9. The van der Waals surface area contributed by atoms with E-state index in [-0.39, 0.29) is 0 Å².